The Morgan fingerprint density at radius 1 is 1.38 bits per heavy atom. The molecule has 7 heteroatoms. The summed E-state index contributed by atoms with van der Waals surface area (Å²) in [5, 5.41) is 5.05. The summed E-state index contributed by atoms with van der Waals surface area (Å²) in [4.78, 5) is 14.2. The van der Waals surface area contributed by atoms with Gasteiger partial charge in [0.05, 0.1) is 6.61 Å². The van der Waals surface area contributed by atoms with Crippen LogP contribution in [0.2, 0.25) is 0 Å². The van der Waals surface area contributed by atoms with E-state index in [-0.39, 0.29) is 17.1 Å². The van der Waals surface area contributed by atoms with Crippen LogP contribution in [-0.4, -0.2) is 26.0 Å². The summed E-state index contributed by atoms with van der Waals surface area (Å²) in [6.07, 6.45) is 0. The fraction of sp³-hybridized carbons (Fsp3) is 0.444. The number of sulfonamides is 1. The lowest BCUT2D eigenvalue weighted by Gasteiger charge is -2.03. The van der Waals surface area contributed by atoms with Crippen LogP contribution in [0.15, 0.2) is 4.90 Å². The topological polar surface area (TPSA) is 102 Å². The monoisotopic (exact) mass is 246 g/mol. The molecule has 1 aromatic rings. The fourth-order valence-electron chi connectivity index (χ4n) is 1.56. The van der Waals surface area contributed by atoms with Gasteiger partial charge in [-0.1, -0.05) is 0 Å². The van der Waals surface area contributed by atoms with Crippen molar-refractivity contribution in [3.63, 3.8) is 0 Å². The molecule has 0 amide bonds. The molecule has 1 heterocycles. The first-order valence-electron chi connectivity index (χ1n) is 4.68. The molecule has 0 aliphatic rings. The highest BCUT2D eigenvalue weighted by molar-refractivity contribution is 7.89. The van der Waals surface area contributed by atoms with Crippen LogP contribution >= 0.6 is 0 Å². The third-order valence-electron chi connectivity index (χ3n) is 2.08. The first kappa shape index (κ1) is 12.7. The second kappa shape index (κ2) is 4.26. The molecule has 90 valence electrons. The van der Waals surface area contributed by atoms with Gasteiger partial charge < -0.3 is 9.72 Å². The number of rotatable bonds is 3. The van der Waals surface area contributed by atoms with E-state index >= 15 is 0 Å². The Labute approximate surface area is 93.8 Å². The number of ether oxygens (including phenoxy) is 1. The second-order valence-electron chi connectivity index (χ2n) is 3.34. The average molecular weight is 246 g/mol. The van der Waals surface area contributed by atoms with Crippen molar-refractivity contribution in [2.75, 3.05) is 6.61 Å². The highest BCUT2D eigenvalue weighted by Crippen LogP contribution is 2.23. The molecule has 0 atom stereocenters. The van der Waals surface area contributed by atoms with Gasteiger partial charge in [-0.15, -0.1) is 0 Å². The van der Waals surface area contributed by atoms with Gasteiger partial charge in [-0.2, -0.15) is 0 Å². The third kappa shape index (κ3) is 2.25. The Morgan fingerprint density at radius 3 is 2.38 bits per heavy atom. The number of carbonyl (C=O) groups is 1. The van der Waals surface area contributed by atoms with Crippen LogP contribution in [-0.2, 0) is 14.8 Å². The lowest BCUT2D eigenvalue weighted by atomic mass is 10.2. The Balaban J connectivity index is 3.44. The number of esters is 1. The quantitative estimate of drug-likeness (QED) is 0.756. The minimum absolute atomic E-state index is 0.0122. The predicted molar refractivity (Wildman–Crippen MR) is 57.6 cm³/mol. The first-order valence-corrected chi connectivity index (χ1v) is 6.22. The second-order valence-corrected chi connectivity index (χ2v) is 4.84. The van der Waals surface area contributed by atoms with Gasteiger partial charge in [0.15, 0.2) is 0 Å². The molecular weight excluding hydrogens is 232 g/mol. The number of aromatic amines is 1. The molecule has 6 nitrogen and oxygen atoms in total. The number of nitrogens with two attached hydrogens (primary N) is 1. The summed E-state index contributed by atoms with van der Waals surface area (Å²) < 4.78 is 27.5. The number of primary sulfonamides is 1. The highest BCUT2D eigenvalue weighted by atomic mass is 32.2. The summed E-state index contributed by atoms with van der Waals surface area (Å²) >= 11 is 0. The minimum atomic E-state index is -3.94. The van der Waals surface area contributed by atoms with E-state index in [2.05, 4.69) is 4.98 Å². The Morgan fingerprint density at radius 2 is 1.94 bits per heavy atom. The van der Waals surface area contributed by atoms with E-state index in [1.807, 2.05) is 0 Å². The zero-order chi connectivity index (χ0) is 12.5. The van der Waals surface area contributed by atoms with E-state index in [0.717, 1.165) is 0 Å². The molecular formula is C9H14N2O4S. The summed E-state index contributed by atoms with van der Waals surface area (Å²) in [6.45, 7) is 4.94. The fourth-order valence-corrected chi connectivity index (χ4v) is 2.56. The molecule has 0 aromatic carbocycles. The number of aryl methyl sites for hydroxylation is 2. The molecule has 0 unspecified atom stereocenters. The van der Waals surface area contributed by atoms with E-state index in [4.69, 9.17) is 9.88 Å². The van der Waals surface area contributed by atoms with Crippen molar-refractivity contribution < 1.29 is 17.9 Å². The molecule has 0 spiro atoms. The lowest BCUT2D eigenvalue weighted by molar-refractivity contribution is 0.0521. The predicted octanol–water partition coefficient (Wildman–Crippen LogP) is 0.456. The number of nitrogens with one attached hydrogen (secondary N) is 1. The lowest BCUT2D eigenvalue weighted by Crippen LogP contribution is -2.17. The number of aromatic nitrogens is 1. The number of H-pyrrole nitrogens is 1. The molecule has 1 aromatic heterocycles. The zero-order valence-electron chi connectivity index (χ0n) is 9.33. The van der Waals surface area contributed by atoms with Gasteiger partial charge in [0, 0.05) is 11.4 Å². The molecule has 0 aliphatic carbocycles. The molecule has 0 radical (unpaired) electrons. The molecule has 0 saturated carbocycles. The normalized spacial score (nSPS) is 11.5. The van der Waals surface area contributed by atoms with Crippen molar-refractivity contribution in [1.29, 1.82) is 0 Å². The van der Waals surface area contributed by atoms with Crippen molar-refractivity contribution in [3.05, 3.63) is 17.0 Å². The van der Waals surface area contributed by atoms with Crippen LogP contribution in [0, 0.1) is 13.8 Å². The van der Waals surface area contributed by atoms with Gasteiger partial charge >= 0.3 is 5.97 Å². The maximum Gasteiger partial charge on any atom is 0.341 e. The highest BCUT2D eigenvalue weighted by Gasteiger charge is 2.27. The summed E-state index contributed by atoms with van der Waals surface area (Å²) in [5.41, 5.74) is 0.755. The Hall–Kier alpha value is -1.34. The smallest absolute Gasteiger partial charge is 0.341 e. The number of hydrogen-bond donors (Lipinski definition) is 2. The van der Waals surface area contributed by atoms with Gasteiger partial charge in [-0.05, 0) is 20.8 Å². The van der Waals surface area contributed by atoms with Gasteiger partial charge in [-0.25, -0.2) is 18.4 Å². The number of carbonyl (C=O) groups excluding carboxylic acids is 1. The molecule has 0 aliphatic heterocycles. The molecule has 0 saturated heterocycles. The standard InChI is InChI=1S/C9H14N2O4S/c1-4-15-9(12)7-5(2)11-6(3)8(7)16(10,13)14/h11H,4H2,1-3H3,(H2,10,13,14). The summed E-state index contributed by atoms with van der Waals surface area (Å²) in [6, 6.07) is 0. The van der Waals surface area contributed by atoms with Crippen molar-refractivity contribution in [1.82, 2.24) is 4.98 Å². The van der Waals surface area contributed by atoms with Crippen molar-refractivity contribution >= 4 is 16.0 Å². The van der Waals surface area contributed by atoms with E-state index in [0.29, 0.717) is 11.4 Å². The van der Waals surface area contributed by atoms with E-state index < -0.39 is 16.0 Å². The van der Waals surface area contributed by atoms with E-state index in [1.165, 1.54) is 6.92 Å². The maximum absolute atomic E-state index is 11.6. The molecule has 16 heavy (non-hydrogen) atoms. The van der Waals surface area contributed by atoms with Crippen LogP contribution in [0.5, 0.6) is 0 Å². The molecule has 3 N–H and O–H groups in total. The van der Waals surface area contributed by atoms with Gasteiger partial charge in [0.2, 0.25) is 10.0 Å². The van der Waals surface area contributed by atoms with E-state index in [9.17, 15) is 13.2 Å². The largest absolute Gasteiger partial charge is 0.462 e. The van der Waals surface area contributed by atoms with Crippen LogP contribution in [0.1, 0.15) is 28.7 Å². The molecule has 0 fully saturated rings. The maximum atomic E-state index is 11.6. The number of hydrogen-bond acceptors (Lipinski definition) is 4. The van der Waals surface area contributed by atoms with Crippen molar-refractivity contribution in [3.8, 4) is 0 Å². The molecule has 1 rings (SSSR count). The third-order valence-corrected chi connectivity index (χ3v) is 3.16. The Kier molecular flexibility index (Phi) is 3.39. The minimum Gasteiger partial charge on any atom is -0.462 e. The Bertz CT molecular complexity index is 516. The van der Waals surface area contributed by atoms with Crippen molar-refractivity contribution in [2.24, 2.45) is 5.14 Å². The van der Waals surface area contributed by atoms with Gasteiger partial charge in [0.1, 0.15) is 10.5 Å². The van der Waals surface area contributed by atoms with Gasteiger partial charge in [0.25, 0.3) is 0 Å². The van der Waals surface area contributed by atoms with Gasteiger partial charge in [-0.3, -0.25) is 0 Å². The summed E-state index contributed by atoms with van der Waals surface area (Å²) in [7, 11) is -3.94. The average Bonchev–Trinajstić information content (AvgIpc) is 2.40. The zero-order valence-corrected chi connectivity index (χ0v) is 10.1. The van der Waals surface area contributed by atoms with Crippen LogP contribution < -0.4 is 5.14 Å². The van der Waals surface area contributed by atoms with Crippen LogP contribution in [0.4, 0.5) is 0 Å². The van der Waals surface area contributed by atoms with E-state index in [1.54, 1.807) is 13.8 Å². The first-order chi connectivity index (χ1) is 7.29. The summed E-state index contributed by atoms with van der Waals surface area (Å²) in [5.74, 6) is -0.687. The van der Waals surface area contributed by atoms with Crippen molar-refractivity contribution in [2.45, 2.75) is 25.7 Å². The van der Waals surface area contributed by atoms with Crippen LogP contribution in [0.3, 0.4) is 0 Å². The SMILES string of the molecule is CCOC(=O)c1c(C)[nH]c(C)c1S(N)(=O)=O. The van der Waals surface area contributed by atoms with Crippen LogP contribution in [0.25, 0.3) is 0 Å². The molecule has 0 bridgehead atoms.